The van der Waals surface area contributed by atoms with Crippen LogP contribution in [0, 0.1) is 4.78 Å². The molecule has 5 nitrogen and oxygen atoms in total. The molecule has 0 aliphatic carbocycles. The van der Waals surface area contributed by atoms with E-state index in [9.17, 15) is 14.1 Å². The zero-order valence-corrected chi connectivity index (χ0v) is 11.8. The third-order valence-electron chi connectivity index (χ3n) is 1.40. The Morgan fingerprint density at radius 2 is 2.14 bits per heavy atom. The number of hydrogen-bond donors (Lipinski definition) is 1. The number of aromatic carboxylic acids is 1. The van der Waals surface area contributed by atoms with Crippen molar-refractivity contribution in [2.24, 2.45) is 0 Å². The van der Waals surface area contributed by atoms with Gasteiger partial charge in [-0.2, -0.15) is 0 Å². The van der Waals surface area contributed by atoms with E-state index in [1.165, 1.54) is 18.4 Å². The minimum absolute atomic E-state index is 0. The fourth-order valence-electron chi connectivity index (χ4n) is 0.731. The molecule has 0 bridgehead atoms. The first kappa shape index (κ1) is 14.2. The van der Waals surface area contributed by atoms with E-state index < -0.39 is 15.7 Å². The van der Waals surface area contributed by atoms with Gasteiger partial charge in [0.1, 0.15) is 0 Å². The van der Waals surface area contributed by atoms with Crippen LogP contribution >= 0.6 is 0 Å². The van der Waals surface area contributed by atoms with Crippen LogP contribution in [0.2, 0.25) is 0 Å². The first-order valence-corrected chi connectivity index (χ1v) is 5.29. The molecule has 0 aliphatic rings. The summed E-state index contributed by atoms with van der Waals surface area (Å²) in [5, 5.41) is 10.3. The van der Waals surface area contributed by atoms with Crippen LogP contribution in [0.25, 0.3) is 0 Å². The van der Waals surface area contributed by atoms with Crippen molar-refractivity contribution in [2.75, 3.05) is 6.26 Å². The van der Waals surface area contributed by atoms with E-state index in [1.807, 2.05) is 0 Å². The van der Waals surface area contributed by atoms with E-state index in [0.717, 1.165) is 6.20 Å². The molecule has 0 fully saturated rings. The van der Waals surface area contributed by atoms with Crippen molar-refractivity contribution in [3.63, 3.8) is 0 Å². The first-order chi connectivity index (χ1) is 5.91. The molecule has 1 heterocycles. The monoisotopic (exact) mass is 238 g/mol. The fraction of sp³-hybridized carbons (Fsp3) is 0.143. The van der Waals surface area contributed by atoms with E-state index in [1.54, 1.807) is 0 Å². The van der Waals surface area contributed by atoms with E-state index >= 15 is 0 Å². The number of carbonyl (C=O) groups is 1. The van der Waals surface area contributed by atoms with Crippen LogP contribution in [0.1, 0.15) is 10.5 Å². The largest absolute Gasteiger partial charge is 1.00 e. The zero-order valence-electron chi connectivity index (χ0n) is 7.81. The van der Waals surface area contributed by atoms with E-state index in [2.05, 4.69) is 4.98 Å². The molecule has 1 aromatic rings. The summed E-state index contributed by atoms with van der Waals surface area (Å²) >= 11 is 0. The minimum Gasteiger partial charge on any atom is -0.543 e. The quantitative estimate of drug-likeness (QED) is 0.541. The topological polar surface area (TPSA) is 93.9 Å². The van der Waals surface area contributed by atoms with Crippen molar-refractivity contribution in [2.45, 2.75) is 4.90 Å². The maximum absolute atomic E-state index is 11.1. The van der Waals surface area contributed by atoms with Gasteiger partial charge in [-0.3, -0.25) is 4.98 Å². The number of pyridine rings is 1. The SMILES string of the molecule is CS(=N)(=O)c1ccc(C(=O)[O-])nc1.[K+]. The Morgan fingerprint density at radius 1 is 1.57 bits per heavy atom. The summed E-state index contributed by atoms with van der Waals surface area (Å²) in [7, 11) is -2.82. The van der Waals surface area contributed by atoms with Crippen molar-refractivity contribution < 1.29 is 65.5 Å². The molecule has 1 rings (SSSR count). The van der Waals surface area contributed by atoms with Crippen LogP contribution < -0.4 is 56.5 Å². The number of hydrogen-bond acceptors (Lipinski definition) is 5. The average molecular weight is 238 g/mol. The predicted octanol–water partition coefficient (Wildman–Crippen LogP) is -3.52. The summed E-state index contributed by atoms with van der Waals surface area (Å²) in [4.78, 5) is 14.0. The van der Waals surface area contributed by atoms with E-state index in [0.29, 0.717) is 0 Å². The third kappa shape index (κ3) is 3.75. The molecule has 0 amide bonds. The standard InChI is InChI=1S/C7H8N2O3S.K/c1-13(8,12)5-2-3-6(7(10)11)9-4-5;/h2-4,8H,1H3,(H,10,11);/q;+1/p-1. The molecule has 7 heteroatoms. The zero-order chi connectivity index (χ0) is 10.1. The molecule has 1 unspecified atom stereocenters. The van der Waals surface area contributed by atoms with Crippen LogP contribution in [-0.2, 0) is 9.73 Å². The maximum atomic E-state index is 11.1. The minimum atomic E-state index is -2.82. The van der Waals surface area contributed by atoms with Gasteiger partial charge in [-0.25, -0.2) is 8.99 Å². The molecule has 1 atom stereocenters. The van der Waals surface area contributed by atoms with Gasteiger partial charge in [0.15, 0.2) is 0 Å². The number of carboxylic acid groups (broad SMARTS) is 1. The molecule has 0 aliphatic heterocycles. The van der Waals surface area contributed by atoms with Crippen molar-refractivity contribution in [1.29, 1.82) is 4.78 Å². The van der Waals surface area contributed by atoms with Crippen LogP contribution in [0.15, 0.2) is 23.2 Å². The summed E-state index contributed by atoms with van der Waals surface area (Å²) in [6.07, 6.45) is 2.35. The van der Waals surface area contributed by atoms with E-state index in [4.69, 9.17) is 4.78 Å². The van der Waals surface area contributed by atoms with Gasteiger partial charge in [-0.1, -0.05) is 0 Å². The van der Waals surface area contributed by atoms with Gasteiger partial charge in [0.05, 0.1) is 26.3 Å². The van der Waals surface area contributed by atoms with E-state index in [-0.39, 0.29) is 62.0 Å². The smallest absolute Gasteiger partial charge is 0.543 e. The number of carboxylic acids is 1. The number of rotatable bonds is 2. The molecule has 0 saturated carbocycles. The Kier molecular flexibility index (Phi) is 5.41. The molecule has 1 N–H and O–H groups in total. The van der Waals surface area contributed by atoms with Gasteiger partial charge in [-0.15, -0.1) is 0 Å². The summed E-state index contributed by atoms with van der Waals surface area (Å²) in [5.74, 6) is -1.39. The van der Waals surface area contributed by atoms with Gasteiger partial charge in [-0.05, 0) is 12.1 Å². The summed E-state index contributed by atoms with van der Waals surface area (Å²) in [6.45, 7) is 0. The van der Waals surface area contributed by atoms with Gasteiger partial charge in [0.2, 0.25) is 0 Å². The molecular weight excluding hydrogens is 231 g/mol. The second kappa shape index (κ2) is 5.33. The van der Waals surface area contributed by atoms with Crippen LogP contribution in [0.4, 0.5) is 0 Å². The van der Waals surface area contributed by atoms with Crippen LogP contribution in [0.3, 0.4) is 0 Å². The van der Waals surface area contributed by atoms with Crippen molar-refractivity contribution in [1.82, 2.24) is 4.98 Å². The number of carbonyl (C=O) groups excluding carboxylic acids is 1. The third-order valence-corrected chi connectivity index (χ3v) is 2.54. The second-order valence-corrected chi connectivity index (χ2v) is 4.67. The first-order valence-electron chi connectivity index (χ1n) is 3.32. The fourth-order valence-corrected chi connectivity index (χ4v) is 1.31. The molecule has 0 saturated heterocycles. The Bertz CT molecular complexity index is 427. The number of nitrogens with zero attached hydrogens (tertiary/aromatic N) is 1. The van der Waals surface area contributed by atoms with Gasteiger partial charge in [0, 0.05) is 12.5 Å². The van der Waals surface area contributed by atoms with Gasteiger partial charge < -0.3 is 9.90 Å². The average Bonchev–Trinajstić information content (AvgIpc) is 2.03. The van der Waals surface area contributed by atoms with Crippen molar-refractivity contribution in [3.8, 4) is 0 Å². The Labute approximate surface area is 124 Å². The van der Waals surface area contributed by atoms with Gasteiger partial charge >= 0.3 is 51.4 Å². The van der Waals surface area contributed by atoms with Gasteiger partial charge in [0.25, 0.3) is 0 Å². The normalized spacial score (nSPS) is 13.8. The molecule has 0 aromatic carbocycles. The predicted molar refractivity (Wildman–Crippen MR) is 43.6 cm³/mol. The summed E-state index contributed by atoms with van der Waals surface area (Å²) < 4.78 is 18.3. The number of aromatic nitrogens is 1. The van der Waals surface area contributed by atoms with Crippen molar-refractivity contribution in [3.05, 3.63) is 24.0 Å². The molecule has 0 spiro atoms. The second-order valence-electron chi connectivity index (χ2n) is 2.51. The van der Waals surface area contributed by atoms with Crippen LogP contribution in [0.5, 0.6) is 0 Å². The molecular formula is C7H7KN2O3S. The molecule has 0 radical (unpaired) electrons. The van der Waals surface area contributed by atoms with Crippen molar-refractivity contribution >= 4 is 15.7 Å². The Hall–Kier alpha value is 0.206. The maximum Gasteiger partial charge on any atom is 1.00 e. The summed E-state index contributed by atoms with van der Waals surface area (Å²) in [6, 6.07) is 2.47. The van der Waals surface area contributed by atoms with Crippen LogP contribution in [-0.4, -0.2) is 21.4 Å². The Balaban J connectivity index is 0.00000169. The Morgan fingerprint density at radius 3 is 2.43 bits per heavy atom. The molecule has 14 heavy (non-hydrogen) atoms. The molecule has 70 valence electrons. The summed E-state index contributed by atoms with van der Waals surface area (Å²) in [5.41, 5.74) is -0.229. The molecule has 1 aromatic heterocycles. The number of nitrogens with one attached hydrogen (secondary N) is 1.